The molecule has 0 unspecified atom stereocenters. The topological polar surface area (TPSA) is 57.1 Å². The number of quaternary nitrogens is 1. The average Bonchev–Trinajstić information content (AvgIpc) is 2.19. The van der Waals surface area contributed by atoms with Gasteiger partial charge in [-0.3, -0.25) is 0 Å². The normalized spacial score (nSPS) is 12.8. The molecular weight excluding hydrogens is 166 g/mol. The molecule has 0 radical (unpaired) electrons. The molecule has 0 amide bonds. The highest BCUT2D eigenvalue weighted by atomic mass is 16.5. The molecule has 1 atom stereocenters. The molecule has 1 aromatic rings. The number of hydrogen-bond donors (Lipinski definition) is 2. The van der Waals surface area contributed by atoms with Gasteiger partial charge < -0.3 is 15.6 Å². The van der Waals surface area contributed by atoms with Crippen LogP contribution in [0.4, 0.5) is 0 Å². The number of benzene rings is 1. The van der Waals surface area contributed by atoms with E-state index in [1.165, 1.54) is 0 Å². The van der Waals surface area contributed by atoms with Gasteiger partial charge in [0.25, 0.3) is 0 Å². The Morgan fingerprint density at radius 2 is 2.00 bits per heavy atom. The van der Waals surface area contributed by atoms with E-state index in [1.54, 1.807) is 0 Å². The van der Waals surface area contributed by atoms with E-state index in [1.807, 2.05) is 30.3 Å². The van der Waals surface area contributed by atoms with Gasteiger partial charge in [0.05, 0.1) is 13.2 Å². The van der Waals surface area contributed by atoms with Crippen LogP contribution in [-0.2, 0) is 11.3 Å². The van der Waals surface area contributed by atoms with Gasteiger partial charge in [0, 0.05) is 0 Å². The molecule has 0 saturated carbocycles. The van der Waals surface area contributed by atoms with E-state index in [-0.39, 0.29) is 12.6 Å². The van der Waals surface area contributed by atoms with Crippen LogP contribution in [0.2, 0.25) is 0 Å². The summed E-state index contributed by atoms with van der Waals surface area (Å²) in [6, 6.07) is 9.93. The van der Waals surface area contributed by atoms with Crippen LogP contribution in [-0.4, -0.2) is 24.4 Å². The van der Waals surface area contributed by atoms with Crippen molar-refractivity contribution in [1.29, 1.82) is 0 Å². The second kappa shape index (κ2) is 5.70. The van der Waals surface area contributed by atoms with Crippen LogP contribution in [0.15, 0.2) is 30.3 Å². The Labute approximate surface area is 78.1 Å². The number of ether oxygens (including phenoxy) is 1. The molecule has 3 nitrogen and oxygen atoms in total. The minimum absolute atomic E-state index is 0.0243. The summed E-state index contributed by atoms with van der Waals surface area (Å²) in [5, 5.41) is 8.69. The fourth-order valence-electron chi connectivity index (χ4n) is 0.970. The third-order valence-electron chi connectivity index (χ3n) is 1.72. The zero-order valence-corrected chi connectivity index (χ0v) is 7.65. The van der Waals surface area contributed by atoms with Crippen molar-refractivity contribution in [2.75, 3.05) is 13.2 Å². The first-order valence-corrected chi connectivity index (χ1v) is 4.38. The van der Waals surface area contributed by atoms with E-state index in [9.17, 15) is 0 Å². The lowest BCUT2D eigenvalue weighted by atomic mass is 10.2. The summed E-state index contributed by atoms with van der Waals surface area (Å²) >= 11 is 0. The second-order valence-corrected chi connectivity index (χ2v) is 3.05. The van der Waals surface area contributed by atoms with E-state index in [0.717, 1.165) is 5.56 Å². The highest BCUT2D eigenvalue weighted by Gasteiger charge is 2.02. The van der Waals surface area contributed by atoms with Crippen molar-refractivity contribution < 1.29 is 15.6 Å². The molecule has 3 heteroatoms. The summed E-state index contributed by atoms with van der Waals surface area (Å²) < 4.78 is 5.35. The number of aliphatic hydroxyl groups excluding tert-OH is 1. The fourth-order valence-corrected chi connectivity index (χ4v) is 0.970. The predicted molar refractivity (Wildman–Crippen MR) is 49.9 cm³/mol. The molecule has 0 saturated heterocycles. The van der Waals surface area contributed by atoms with Crippen molar-refractivity contribution in [3.63, 3.8) is 0 Å². The third kappa shape index (κ3) is 4.03. The monoisotopic (exact) mass is 182 g/mol. The van der Waals surface area contributed by atoms with Gasteiger partial charge in [0.15, 0.2) is 0 Å². The van der Waals surface area contributed by atoms with Crippen molar-refractivity contribution >= 4 is 0 Å². The lowest BCUT2D eigenvalue weighted by Gasteiger charge is -2.06. The zero-order valence-electron chi connectivity index (χ0n) is 7.65. The molecule has 0 aromatic heterocycles. The molecule has 1 rings (SSSR count). The van der Waals surface area contributed by atoms with Crippen molar-refractivity contribution in [2.45, 2.75) is 12.6 Å². The van der Waals surface area contributed by atoms with Crippen molar-refractivity contribution in [3.05, 3.63) is 35.9 Å². The molecule has 13 heavy (non-hydrogen) atoms. The van der Waals surface area contributed by atoms with Crippen LogP contribution < -0.4 is 5.73 Å². The van der Waals surface area contributed by atoms with Gasteiger partial charge in [-0.2, -0.15) is 0 Å². The largest absolute Gasteiger partial charge is 0.390 e. The summed E-state index contributed by atoms with van der Waals surface area (Å²) in [4.78, 5) is 0. The number of rotatable bonds is 5. The Balaban J connectivity index is 2.20. The lowest BCUT2D eigenvalue weighted by Crippen LogP contribution is -2.65. The minimum Gasteiger partial charge on any atom is -0.390 e. The van der Waals surface area contributed by atoms with Gasteiger partial charge in [0.2, 0.25) is 0 Å². The van der Waals surface area contributed by atoms with Gasteiger partial charge in [0.1, 0.15) is 12.6 Å². The number of hydrogen-bond acceptors (Lipinski definition) is 2. The Morgan fingerprint density at radius 1 is 1.31 bits per heavy atom. The van der Waals surface area contributed by atoms with Crippen LogP contribution in [0.3, 0.4) is 0 Å². The minimum atomic E-state index is -0.0243. The molecule has 0 aliphatic carbocycles. The van der Waals surface area contributed by atoms with E-state index >= 15 is 0 Å². The van der Waals surface area contributed by atoms with Gasteiger partial charge in [-0.1, -0.05) is 30.3 Å². The second-order valence-electron chi connectivity index (χ2n) is 3.05. The zero-order chi connectivity index (χ0) is 9.52. The summed E-state index contributed by atoms with van der Waals surface area (Å²) in [5.41, 5.74) is 4.86. The smallest absolute Gasteiger partial charge is 0.131 e. The van der Waals surface area contributed by atoms with Crippen LogP contribution in [0.5, 0.6) is 0 Å². The van der Waals surface area contributed by atoms with Gasteiger partial charge in [-0.25, -0.2) is 0 Å². The molecule has 4 N–H and O–H groups in total. The highest BCUT2D eigenvalue weighted by molar-refractivity contribution is 5.13. The standard InChI is InChI=1S/C10H15NO2/c11-10(6-12)8-13-7-9-4-2-1-3-5-9/h1-5,10,12H,6-8,11H2/p+1/t10-/m1/s1. The first-order valence-electron chi connectivity index (χ1n) is 4.38. The van der Waals surface area contributed by atoms with Crippen LogP contribution in [0, 0.1) is 0 Å². The van der Waals surface area contributed by atoms with E-state index in [2.05, 4.69) is 5.73 Å². The van der Waals surface area contributed by atoms with Crippen LogP contribution in [0.1, 0.15) is 5.56 Å². The van der Waals surface area contributed by atoms with E-state index < -0.39 is 0 Å². The van der Waals surface area contributed by atoms with Crippen LogP contribution in [0.25, 0.3) is 0 Å². The third-order valence-corrected chi connectivity index (χ3v) is 1.72. The predicted octanol–water partition coefficient (Wildman–Crippen LogP) is -0.194. The molecule has 0 aliphatic rings. The van der Waals surface area contributed by atoms with E-state index in [4.69, 9.17) is 9.84 Å². The van der Waals surface area contributed by atoms with Gasteiger partial charge >= 0.3 is 0 Å². The Kier molecular flexibility index (Phi) is 4.46. The quantitative estimate of drug-likeness (QED) is 0.663. The first kappa shape index (κ1) is 10.2. The first-order chi connectivity index (χ1) is 6.33. The fraction of sp³-hybridized carbons (Fsp3) is 0.400. The SMILES string of the molecule is [NH3+][C@H](CO)COCc1ccccc1. The molecule has 1 aromatic carbocycles. The van der Waals surface area contributed by atoms with Crippen molar-refractivity contribution in [2.24, 2.45) is 0 Å². The Hall–Kier alpha value is -0.900. The summed E-state index contributed by atoms with van der Waals surface area (Å²) in [7, 11) is 0. The molecule has 0 spiro atoms. The Morgan fingerprint density at radius 3 is 2.62 bits per heavy atom. The maximum atomic E-state index is 8.69. The van der Waals surface area contributed by atoms with Crippen LogP contribution >= 0.6 is 0 Å². The summed E-state index contributed by atoms with van der Waals surface area (Å²) in [6.45, 7) is 1.17. The maximum absolute atomic E-state index is 8.69. The van der Waals surface area contributed by atoms with Crippen molar-refractivity contribution in [1.82, 2.24) is 0 Å². The lowest BCUT2D eigenvalue weighted by molar-refractivity contribution is -0.432. The highest BCUT2D eigenvalue weighted by Crippen LogP contribution is 1.99. The molecular formula is C10H16NO2+. The van der Waals surface area contributed by atoms with Crippen molar-refractivity contribution in [3.8, 4) is 0 Å². The van der Waals surface area contributed by atoms with Gasteiger partial charge in [-0.15, -0.1) is 0 Å². The molecule has 0 aliphatic heterocycles. The molecule has 0 bridgehead atoms. The maximum Gasteiger partial charge on any atom is 0.131 e. The van der Waals surface area contributed by atoms with Gasteiger partial charge in [-0.05, 0) is 5.56 Å². The number of aliphatic hydroxyl groups is 1. The summed E-state index contributed by atoms with van der Waals surface area (Å²) in [5.74, 6) is 0. The summed E-state index contributed by atoms with van der Waals surface area (Å²) in [6.07, 6.45) is 0. The molecule has 72 valence electrons. The Bertz CT molecular complexity index is 226. The molecule has 0 heterocycles. The molecule has 0 fully saturated rings. The average molecular weight is 182 g/mol. The van der Waals surface area contributed by atoms with E-state index in [0.29, 0.717) is 13.2 Å².